The van der Waals surface area contributed by atoms with Gasteiger partial charge in [-0.25, -0.2) is 0 Å². The van der Waals surface area contributed by atoms with Crippen LogP contribution in [-0.4, -0.2) is 22.7 Å². The molecule has 6 heteroatoms. The summed E-state index contributed by atoms with van der Waals surface area (Å²) in [4.78, 5) is 10.1. The van der Waals surface area contributed by atoms with Crippen molar-refractivity contribution in [1.82, 2.24) is 0 Å². The number of rotatable bonds is 5. The number of halogens is 1. The lowest BCUT2D eigenvalue weighted by Crippen LogP contribution is -2.21. The fourth-order valence-electron chi connectivity index (χ4n) is 1.62. The molecule has 1 aromatic rings. The fraction of sp³-hybridized carbons (Fsp3) is 0.455. The lowest BCUT2D eigenvalue weighted by Gasteiger charge is -2.12. The Morgan fingerprint density at radius 1 is 1.59 bits per heavy atom. The molecule has 1 aliphatic rings. The molecule has 1 unspecified atom stereocenters. The zero-order valence-corrected chi connectivity index (χ0v) is 10.7. The number of nitrogens with one attached hydrogen (secondary N) is 1. The minimum absolute atomic E-state index is 0.0465. The van der Waals surface area contributed by atoms with Crippen molar-refractivity contribution in [1.29, 1.82) is 0 Å². The van der Waals surface area contributed by atoms with Crippen LogP contribution in [0.3, 0.4) is 0 Å². The van der Waals surface area contributed by atoms with E-state index in [2.05, 4.69) is 21.2 Å². The second-order valence-electron chi connectivity index (χ2n) is 4.21. The van der Waals surface area contributed by atoms with E-state index in [1.165, 1.54) is 12.1 Å². The van der Waals surface area contributed by atoms with Gasteiger partial charge in [-0.3, -0.25) is 10.1 Å². The van der Waals surface area contributed by atoms with E-state index in [0.717, 1.165) is 18.5 Å². The smallest absolute Gasteiger partial charge is 0.270 e. The molecule has 0 aliphatic heterocycles. The molecular formula is C11H13BrN2O3. The standard InChI is InChI=1S/C11H13BrN2O3/c12-9-5-8(14(16)17)3-4-10(9)13-6-11(15)7-1-2-7/h3-5,7,11,13,15H,1-2,6H2. The van der Waals surface area contributed by atoms with Crippen molar-refractivity contribution in [2.24, 2.45) is 5.92 Å². The largest absolute Gasteiger partial charge is 0.391 e. The summed E-state index contributed by atoms with van der Waals surface area (Å²) in [5, 5.41) is 23.3. The third kappa shape index (κ3) is 3.17. The van der Waals surface area contributed by atoms with Crippen LogP contribution in [0.25, 0.3) is 0 Å². The van der Waals surface area contributed by atoms with Gasteiger partial charge in [0.05, 0.1) is 11.0 Å². The van der Waals surface area contributed by atoms with E-state index < -0.39 is 4.92 Å². The molecule has 1 saturated carbocycles. The van der Waals surface area contributed by atoms with Crippen LogP contribution in [0.15, 0.2) is 22.7 Å². The molecule has 2 rings (SSSR count). The average molecular weight is 301 g/mol. The molecule has 0 amide bonds. The molecular weight excluding hydrogens is 288 g/mol. The number of anilines is 1. The topological polar surface area (TPSA) is 75.4 Å². The summed E-state index contributed by atoms with van der Waals surface area (Å²) in [5.41, 5.74) is 0.806. The molecule has 1 aromatic carbocycles. The van der Waals surface area contributed by atoms with Crippen molar-refractivity contribution in [3.8, 4) is 0 Å². The Labute approximate surface area is 107 Å². The van der Waals surface area contributed by atoms with E-state index in [-0.39, 0.29) is 11.8 Å². The molecule has 0 radical (unpaired) electrons. The first-order valence-corrected chi connectivity index (χ1v) is 6.23. The number of hydrogen-bond donors (Lipinski definition) is 2. The molecule has 2 N–H and O–H groups in total. The van der Waals surface area contributed by atoms with Crippen LogP contribution in [0.2, 0.25) is 0 Å². The molecule has 1 atom stereocenters. The third-order valence-corrected chi connectivity index (χ3v) is 3.49. The van der Waals surface area contributed by atoms with E-state index in [0.29, 0.717) is 16.9 Å². The van der Waals surface area contributed by atoms with Crippen molar-refractivity contribution >= 4 is 27.3 Å². The Kier molecular flexibility index (Phi) is 3.63. The average Bonchev–Trinajstić information content (AvgIpc) is 3.10. The van der Waals surface area contributed by atoms with Crippen LogP contribution < -0.4 is 5.32 Å². The molecule has 0 saturated heterocycles. The Morgan fingerprint density at radius 2 is 2.29 bits per heavy atom. The van der Waals surface area contributed by atoms with E-state index in [9.17, 15) is 15.2 Å². The summed E-state index contributed by atoms with van der Waals surface area (Å²) < 4.78 is 0.634. The first-order valence-electron chi connectivity index (χ1n) is 5.44. The normalized spacial score (nSPS) is 16.6. The van der Waals surface area contributed by atoms with Gasteiger partial charge in [-0.15, -0.1) is 0 Å². The molecule has 1 aliphatic carbocycles. The van der Waals surface area contributed by atoms with Crippen LogP contribution in [0.4, 0.5) is 11.4 Å². The predicted molar refractivity (Wildman–Crippen MR) is 68.0 cm³/mol. The number of nitrogens with zero attached hydrogens (tertiary/aromatic N) is 1. The summed E-state index contributed by atoms with van der Waals surface area (Å²) in [5.74, 6) is 0.416. The first-order chi connectivity index (χ1) is 8.08. The van der Waals surface area contributed by atoms with Gasteiger partial charge < -0.3 is 10.4 Å². The highest BCUT2D eigenvalue weighted by Gasteiger charge is 2.29. The van der Waals surface area contributed by atoms with Crippen molar-refractivity contribution in [2.45, 2.75) is 18.9 Å². The fourth-order valence-corrected chi connectivity index (χ4v) is 2.13. The van der Waals surface area contributed by atoms with Crippen molar-refractivity contribution in [3.05, 3.63) is 32.8 Å². The number of non-ortho nitro benzene ring substituents is 1. The van der Waals surface area contributed by atoms with Crippen LogP contribution in [0, 0.1) is 16.0 Å². The first kappa shape index (κ1) is 12.3. The van der Waals surface area contributed by atoms with Crippen molar-refractivity contribution < 1.29 is 10.0 Å². The summed E-state index contributed by atoms with van der Waals surface area (Å²) in [6, 6.07) is 4.53. The molecule has 0 heterocycles. The number of aliphatic hydroxyl groups is 1. The Hall–Kier alpha value is -1.14. The molecule has 0 spiro atoms. The number of hydrogen-bond acceptors (Lipinski definition) is 4. The SMILES string of the molecule is O=[N+]([O-])c1ccc(NCC(O)C2CC2)c(Br)c1. The van der Waals surface area contributed by atoms with Gasteiger partial charge in [0.1, 0.15) is 0 Å². The van der Waals surface area contributed by atoms with Crippen LogP contribution >= 0.6 is 15.9 Å². The van der Waals surface area contributed by atoms with Crippen LogP contribution in [0.1, 0.15) is 12.8 Å². The molecule has 5 nitrogen and oxygen atoms in total. The van der Waals surface area contributed by atoms with E-state index in [4.69, 9.17) is 0 Å². The molecule has 1 fully saturated rings. The van der Waals surface area contributed by atoms with Gasteiger partial charge in [-0.1, -0.05) is 0 Å². The minimum Gasteiger partial charge on any atom is -0.391 e. The van der Waals surface area contributed by atoms with Gasteiger partial charge in [0.25, 0.3) is 5.69 Å². The van der Waals surface area contributed by atoms with Crippen molar-refractivity contribution in [2.75, 3.05) is 11.9 Å². The zero-order chi connectivity index (χ0) is 12.4. The van der Waals surface area contributed by atoms with Crippen LogP contribution in [0.5, 0.6) is 0 Å². The quantitative estimate of drug-likeness (QED) is 0.647. The number of aliphatic hydroxyl groups excluding tert-OH is 1. The monoisotopic (exact) mass is 300 g/mol. The maximum atomic E-state index is 10.6. The number of nitro benzene ring substituents is 1. The molecule has 17 heavy (non-hydrogen) atoms. The maximum Gasteiger partial charge on any atom is 0.270 e. The summed E-state index contributed by atoms with van der Waals surface area (Å²) in [6.07, 6.45) is 1.84. The Bertz CT molecular complexity index is 435. The van der Waals surface area contributed by atoms with Crippen LogP contribution in [-0.2, 0) is 0 Å². The van der Waals surface area contributed by atoms with Crippen molar-refractivity contribution in [3.63, 3.8) is 0 Å². The third-order valence-electron chi connectivity index (χ3n) is 2.83. The maximum absolute atomic E-state index is 10.6. The highest BCUT2D eigenvalue weighted by molar-refractivity contribution is 9.10. The van der Waals surface area contributed by atoms with Gasteiger partial charge in [0.15, 0.2) is 0 Å². The number of benzene rings is 1. The second-order valence-corrected chi connectivity index (χ2v) is 5.06. The van der Waals surface area contributed by atoms with E-state index in [1.54, 1.807) is 6.07 Å². The van der Waals surface area contributed by atoms with Gasteiger partial charge in [-0.2, -0.15) is 0 Å². The highest BCUT2D eigenvalue weighted by Crippen LogP contribution is 2.33. The lowest BCUT2D eigenvalue weighted by molar-refractivity contribution is -0.384. The number of nitro groups is 1. The predicted octanol–water partition coefficient (Wildman–Crippen LogP) is 2.54. The summed E-state index contributed by atoms with van der Waals surface area (Å²) in [7, 11) is 0. The van der Waals surface area contributed by atoms with Gasteiger partial charge in [0.2, 0.25) is 0 Å². The van der Waals surface area contributed by atoms with Gasteiger partial charge in [0, 0.05) is 28.8 Å². The van der Waals surface area contributed by atoms with Gasteiger partial charge >= 0.3 is 0 Å². The molecule has 0 aromatic heterocycles. The van der Waals surface area contributed by atoms with E-state index in [1.807, 2.05) is 0 Å². The highest BCUT2D eigenvalue weighted by atomic mass is 79.9. The zero-order valence-electron chi connectivity index (χ0n) is 9.10. The Balaban J connectivity index is 1.98. The summed E-state index contributed by atoms with van der Waals surface area (Å²) >= 11 is 3.27. The summed E-state index contributed by atoms with van der Waals surface area (Å²) in [6.45, 7) is 0.473. The van der Waals surface area contributed by atoms with Gasteiger partial charge in [-0.05, 0) is 40.8 Å². The minimum atomic E-state index is -0.437. The van der Waals surface area contributed by atoms with E-state index >= 15 is 0 Å². The lowest BCUT2D eigenvalue weighted by atomic mass is 10.2. The second kappa shape index (κ2) is 5.01. The molecule has 92 valence electrons. The molecule has 0 bridgehead atoms. The Morgan fingerprint density at radius 3 is 2.82 bits per heavy atom.